The molecule has 0 spiro atoms. The number of nitrogens with one attached hydrogen (secondary N) is 1. The van der Waals surface area contributed by atoms with Crippen LogP contribution in [-0.2, 0) is 4.79 Å². The number of hydrogen-bond donors (Lipinski definition) is 2. The fourth-order valence-corrected chi connectivity index (χ4v) is 2.12. The van der Waals surface area contributed by atoms with Gasteiger partial charge in [-0.25, -0.2) is 0 Å². The number of methoxy groups -OCH3 is 2. The van der Waals surface area contributed by atoms with Crippen LogP contribution in [0.15, 0.2) is 18.2 Å². The Morgan fingerprint density at radius 2 is 1.85 bits per heavy atom. The van der Waals surface area contributed by atoms with Gasteiger partial charge in [0.1, 0.15) is 17.1 Å². The van der Waals surface area contributed by atoms with Gasteiger partial charge in [0, 0.05) is 12.3 Å². The number of carbonyl (C=O) groups excluding carboxylic acids is 1. The van der Waals surface area contributed by atoms with Crippen molar-refractivity contribution in [3.8, 4) is 11.5 Å². The molecule has 0 aliphatic heterocycles. The molecule has 0 aliphatic rings. The predicted molar refractivity (Wildman–Crippen MR) is 76.8 cm³/mol. The highest BCUT2D eigenvalue weighted by molar-refractivity contribution is 7.99. The molecule has 0 bridgehead atoms. The quantitative estimate of drug-likeness (QED) is 0.703. The van der Waals surface area contributed by atoms with Gasteiger partial charge in [0.25, 0.3) is 5.91 Å². The zero-order valence-electron chi connectivity index (χ0n) is 11.3. The van der Waals surface area contributed by atoms with Crippen molar-refractivity contribution in [1.82, 2.24) is 5.32 Å². The fraction of sp³-hybridized carbons (Fsp3) is 0.385. The minimum atomic E-state index is -0.868. The summed E-state index contributed by atoms with van der Waals surface area (Å²) in [7, 11) is 2.96. The average molecular weight is 299 g/mol. The third-order valence-corrected chi connectivity index (χ3v) is 3.36. The topological polar surface area (TPSA) is 84.9 Å². The van der Waals surface area contributed by atoms with Crippen molar-refractivity contribution in [3.05, 3.63) is 23.8 Å². The molecule has 7 heteroatoms. The van der Waals surface area contributed by atoms with Crippen molar-refractivity contribution in [2.45, 2.75) is 0 Å². The summed E-state index contributed by atoms with van der Waals surface area (Å²) in [6.45, 7) is 0.373. The summed E-state index contributed by atoms with van der Waals surface area (Å²) >= 11 is 1.24. The SMILES string of the molecule is COc1cccc(OC)c1C(=O)NCCSCC(=O)O. The molecule has 0 radical (unpaired) electrons. The van der Waals surface area contributed by atoms with Crippen LogP contribution < -0.4 is 14.8 Å². The smallest absolute Gasteiger partial charge is 0.313 e. The van der Waals surface area contributed by atoms with E-state index < -0.39 is 5.97 Å². The van der Waals surface area contributed by atoms with Crippen LogP contribution >= 0.6 is 11.8 Å². The van der Waals surface area contributed by atoms with Crippen LogP contribution in [0.1, 0.15) is 10.4 Å². The van der Waals surface area contributed by atoms with E-state index in [1.165, 1.54) is 26.0 Å². The second kappa shape index (κ2) is 8.31. The van der Waals surface area contributed by atoms with Gasteiger partial charge in [-0.05, 0) is 12.1 Å². The van der Waals surface area contributed by atoms with Gasteiger partial charge in [0.2, 0.25) is 0 Å². The number of carboxylic acid groups (broad SMARTS) is 1. The number of thioether (sulfide) groups is 1. The zero-order valence-corrected chi connectivity index (χ0v) is 12.2. The second-order valence-corrected chi connectivity index (χ2v) is 4.84. The lowest BCUT2D eigenvalue weighted by Gasteiger charge is -2.12. The summed E-state index contributed by atoms with van der Waals surface area (Å²) in [5.74, 6) is 0.228. The van der Waals surface area contributed by atoms with Gasteiger partial charge in [-0.3, -0.25) is 9.59 Å². The van der Waals surface area contributed by atoms with Gasteiger partial charge in [0.05, 0.1) is 20.0 Å². The highest BCUT2D eigenvalue weighted by Crippen LogP contribution is 2.27. The molecule has 1 rings (SSSR count). The lowest BCUT2D eigenvalue weighted by Crippen LogP contribution is -2.27. The van der Waals surface area contributed by atoms with E-state index in [9.17, 15) is 9.59 Å². The van der Waals surface area contributed by atoms with Crippen LogP contribution in [-0.4, -0.2) is 49.3 Å². The average Bonchev–Trinajstić information content (AvgIpc) is 2.45. The Labute approximate surface area is 121 Å². The molecule has 20 heavy (non-hydrogen) atoms. The molecule has 0 aromatic heterocycles. The molecule has 0 unspecified atom stereocenters. The Balaban J connectivity index is 2.61. The molecule has 1 amide bonds. The van der Waals surface area contributed by atoms with Gasteiger partial charge in [0.15, 0.2) is 0 Å². The first-order valence-electron chi connectivity index (χ1n) is 5.89. The summed E-state index contributed by atoms with van der Waals surface area (Å²) in [6.07, 6.45) is 0. The molecule has 0 heterocycles. The van der Waals surface area contributed by atoms with E-state index in [2.05, 4.69) is 5.32 Å². The van der Waals surface area contributed by atoms with E-state index in [0.717, 1.165) is 0 Å². The monoisotopic (exact) mass is 299 g/mol. The van der Waals surface area contributed by atoms with Crippen molar-refractivity contribution in [3.63, 3.8) is 0 Å². The maximum Gasteiger partial charge on any atom is 0.313 e. The van der Waals surface area contributed by atoms with E-state index in [4.69, 9.17) is 14.6 Å². The van der Waals surface area contributed by atoms with Crippen LogP contribution in [0.2, 0.25) is 0 Å². The van der Waals surface area contributed by atoms with E-state index in [1.807, 2.05) is 0 Å². The Bertz CT molecular complexity index is 456. The van der Waals surface area contributed by atoms with E-state index in [-0.39, 0.29) is 11.7 Å². The van der Waals surface area contributed by atoms with Crippen molar-refractivity contribution in [2.75, 3.05) is 32.3 Å². The van der Waals surface area contributed by atoms with Crippen molar-refractivity contribution >= 4 is 23.6 Å². The standard InChI is InChI=1S/C13H17NO5S/c1-18-9-4-3-5-10(19-2)12(9)13(17)14-6-7-20-8-11(15)16/h3-5H,6-8H2,1-2H3,(H,14,17)(H,15,16). The van der Waals surface area contributed by atoms with E-state index >= 15 is 0 Å². The van der Waals surface area contributed by atoms with Crippen molar-refractivity contribution in [1.29, 1.82) is 0 Å². The Morgan fingerprint density at radius 3 is 2.35 bits per heavy atom. The fourth-order valence-electron chi connectivity index (χ4n) is 1.56. The maximum atomic E-state index is 12.1. The first kappa shape index (κ1) is 16.2. The molecule has 0 aliphatic carbocycles. The van der Waals surface area contributed by atoms with Gasteiger partial charge in [-0.2, -0.15) is 0 Å². The Kier molecular flexibility index (Phi) is 6.72. The number of hydrogen-bond acceptors (Lipinski definition) is 5. The number of carboxylic acids is 1. The largest absolute Gasteiger partial charge is 0.496 e. The second-order valence-electron chi connectivity index (χ2n) is 3.74. The van der Waals surface area contributed by atoms with Gasteiger partial charge >= 0.3 is 5.97 Å². The van der Waals surface area contributed by atoms with E-state index in [1.54, 1.807) is 18.2 Å². The van der Waals surface area contributed by atoms with Crippen LogP contribution in [0.25, 0.3) is 0 Å². The molecule has 6 nitrogen and oxygen atoms in total. The Hall–Kier alpha value is -1.89. The number of ether oxygens (including phenoxy) is 2. The zero-order chi connectivity index (χ0) is 15.0. The third-order valence-electron chi connectivity index (χ3n) is 2.41. The van der Waals surface area contributed by atoms with Crippen LogP contribution in [0.3, 0.4) is 0 Å². The van der Waals surface area contributed by atoms with Crippen molar-refractivity contribution < 1.29 is 24.2 Å². The van der Waals surface area contributed by atoms with Crippen LogP contribution in [0.5, 0.6) is 11.5 Å². The Morgan fingerprint density at radius 1 is 1.25 bits per heavy atom. The summed E-state index contributed by atoms with van der Waals surface area (Å²) in [4.78, 5) is 22.4. The molecule has 1 aromatic rings. The lowest BCUT2D eigenvalue weighted by atomic mass is 10.1. The molecule has 0 atom stereocenters. The number of aliphatic carboxylic acids is 1. The molecule has 1 aromatic carbocycles. The van der Waals surface area contributed by atoms with Gasteiger partial charge < -0.3 is 19.9 Å². The molecule has 110 valence electrons. The van der Waals surface area contributed by atoms with Crippen LogP contribution in [0, 0.1) is 0 Å². The first-order chi connectivity index (χ1) is 9.60. The highest BCUT2D eigenvalue weighted by Gasteiger charge is 2.17. The first-order valence-corrected chi connectivity index (χ1v) is 7.04. The van der Waals surface area contributed by atoms with Gasteiger partial charge in [-0.1, -0.05) is 6.07 Å². The van der Waals surface area contributed by atoms with Gasteiger partial charge in [-0.15, -0.1) is 11.8 Å². The number of amides is 1. The molecule has 0 fully saturated rings. The molecule has 0 saturated heterocycles. The van der Waals surface area contributed by atoms with Crippen molar-refractivity contribution in [2.24, 2.45) is 0 Å². The van der Waals surface area contributed by atoms with Crippen LogP contribution in [0.4, 0.5) is 0 Å². The molecule has 0 saturated carbocycles. The molecule has 2 N–H and O–H groups in total. The number of benzene rings is 1. The normalized spacial score (nSPS) is 9.90. The highest BCUT2D eigenvalue weighted by atomic mass is 32.2. The summed E-state index contributed by atoms with van der Waals surface area (Å²) in [6, 6.07) is 5.09. The molecular formula is C13H17NO5S. The predicted octanol–water partition coefficient (Wildman–Crippen LogP) is 1.25. The third kappa shape index (κ3) is 4.65. The number of rotatable bonds is 8. The summed E-state index contributed by atoms with van der Waals surface area (Å²) < 4.78 is 10.3. The minimum Gasteiger partial charge on any atom is -0.496 e. The number of carbonyl (C=O) groups is 2. The summed E-state index contributed by atoms with van der Waals surface area (Å²) in [5, 5.41) is 11.2. The van der Waals surface area contributed by atoms with E-state index in [0.29, 0.717) is 29.4 Å². The minimum absolute atomic E-state index is 0.0217. The lowest BCUT2D eigenvalue weighted by molar-refractivity contribution is -0.133. The molecular weight excluding hydrogens is 282 g/mol. The summed E-state index contributed by atoms with van der Waals surface area (Å²) in [5.41, 5.74) is 0.334. The maximum absolute atomic E-state index is 12.1.